The Labute approximate surface area is 71.3 Å². The summed E-state index contributed by atoms with van der Waals surface area (Å²) in [6.45, 7) is 0. The van der Waals surface area contributed by atoms with Crippen molar-refractivity contribution in [3.8, 4) is 0 Å². The molecule has 0 aromatic carbocycles. The standard InChI is InChI=1S/CH6NP.K.H/c2-1-3;;/h1-3H2;;. The first-order valence-corrected chi connectivity index (χ1v) is 1.63. The fourth-order valence-electron chi connectivity index (χ4n) is 0. The van der Waals surface area contributed by atoms with Crippen molar-refractivity contribution in [1.82, 2.24) is 0 Å². The summed E-state index contributed by atoms with van der Waals surface area (Å²) >= 11 is 0. The molecule has 0 rings (SSSR count). The molecule has 0 fully saturated rings. The van der Waals surface area contributed by atoms with Gasteiger partial charge in [0, 0.05) is 6.29 Å². The summed E-state index contributed by atoms with van der Waals surface area (Å²) in [6.07, 6.45) is 0.667. The summed E-state index contributed by atoms with van der Waals surface area (Å²) in [7, 11) is 2.36. The van der Waals surface area contributed by atoms with Crippen molar-refractivity contribution in [2.24, 2.45) is 5.73 Å². The van der Waals surface area contributed by atoms with Gasteiger partial charge in [0.15, 0.2) is 0 Å². The summed E-state index contributed by atoms with van der Waals surface area (Å²) in [5, 5.41) is 0. The molecule has 0 saturated heterocycles. The van der Waals surface area contributed by atoms with Crippen LogP contribution in [-0.2, 0) is 0 Å². The monoisotopic (exact) mass is 103 g/mol. The Morgan fingerprint density at radius 1 is 1.75 bits per heavy atom. The molecule has 0 heterocycles. The minimum atomic E-state index is 0. The Kier molecular flexibility index (Phi) is 20.9. The fraction of sp³-hybridized carbons (Fsp3) is 1.00. The van der Waals surface area contributed by atoms with Crippen molar-refractivity contribution in [3.63, 3.8) is 0 Å². The molecule has 1 unspecified atom stereocenters. The van der Waals surface area contributed by atoms with Crippen molar-refractivity contribution >= 4 is 60.6 Å². The zero-order valence-corrected chi connectivity index (χ0v) is 3.02. The number of nitrogens with two attached hydrogens (primary N) is 1. The Hall–Kier alpha value is 2.03. The van der Waals surface area contributed by atoms with Crippen LogP contribution in [0.2, 0.25) is 0 Å². The molecule has 0 aliphatic carbocycles. The van der Waals surface area contributed by atoms with Gasteiger partial charge in [0.25, 0.3) is 0 Å². The summed E-state index contributed by atoms with van der Waals surface area (Å²) in [6, 6.07) is 0. The minimum absolute atomic E-state index is 0. The predicted octanol–water partition coefficient (Wildman–Crippen LogP) is -0.871. The average molecular weight is 103 g/mol. The first kappa shape index (κ1) is 9.39. The molecule has 4 heavy (non-hydrogen) atoms. The van der Waals surface area contributed by atoms with E-state index in [9.17, 15) is 0 Å². The second-order valence-corrected chi connectivity index (χ2v) is 0.707. The SMILES string of the molecule is NCP.[KH]. The van der Waals surface area contributed by atoms with Gasteiger partial charge >= 0.3 is 51.4 Å². The quantitative estimate of drug-likeness (QED) is 0.313. The third-order valence-corrected chi connectivity index (χ3v) is 0. The first-order chi connectivity index (χ1) is 1.41. The molecule has 22 valence electrons. The number of hydrogen-bond donors (Lipinski definition) is 1. The predicted molar refractivity (Wildman–Crippen MR) is 25.9 cm³/mol. The second-order valence-electron chi connectivity index (χ2n) is 0.236. The average Bonchev–Trinajstić information content (AvgIpc) is 0.918. The van der Waals surface area contributed by atoms with Gasteiger partial charge in [-0.3, -0.25) is 0 Å². The number of rotatable bonds is 0. The zero-order valence-electron chi connectivity index (χ0n) is 1.86. The van der Waals surface area contributed by atoms with Gasteiger partial charge in [-0.15, -0.1) is 9.24 Å². The molecule has 0 saturated carbocycles. The Balaban J connectivity index is 0. The summed E-state index contributed by atoms with van der Waals surface area (Å²) in [5.41, 5.74) is 4.81. The van der Waals surface area contributed by atoms with Gasteiger partial charge in [0.1, 0.15) is 0 Å². The molecule has 0 bridgehead atoms. The number of hydrogen-bond acceptors (Lipinski definition) is 1. The van der Waals surface area contributed by atoms with Gasteiger partial charge in [-0.2, -0.15) is 0 Å². The van der Waals surface area contributed by atoms with Crippen LogP contribution in [0.3, 0.4) is 0 Å². The van der Waals surface area contributed by atoms with E-state index in [1.165, 1.54) is 0 Å². The van der Waals surface area contributed by atoms with E-state index in [1.807, 2.05) is 0 Å². The van der Waals surface area contributed by atoms with Gasteiger partial charge in [-0.1, -0.05) is 0 Å². The van der Waals surface area contributed by atoms with Crippen molar-refractivity contribution in [2.45, 2.75) is 0 Å². The second kappa shape index (κ2) is 8.90. The Bertz CT molecular complexity index is 8.00. The molecule has 3 heteroatoms. The molecule has 0 aromatic rings. The molecular formula is CH7KNP. The van der Waals surface area contributed by atoms with Gasteiger partial charge in [0.2, 0.25) is 0 Å². The van der Waals surface area contributed by atoms with E-state index in [4.69, 9.17) is 5.73 Å². The zero-order chi connectivity index (χ0) is 2.71. The molecule has 0 amide bonds. The van der Waals surface area contributed by atoms with Crippen LogP contribution in [-0.4, -0.2) is 57.7 Å². The normalized spacial score (nSPS) is 4.50. The molecule has 2 N–H and O–H groups in total. The topological polar surface area (TPSA) is 26.0 Å². The first-order valence-electron chi connectivity index (χ1n) is 0.816. The van der Waals surface area contributed by atoms with Crippen LogP contribution in [0.5, 0.6) is 0 Å². The molecule has 0 aliphatic rings. The van der Waals surface area contributed by atoms with Crippen LogP contribution < -0.4 is 5.73 Å². The maximum atomic E-state index is 4.81. The van der Waals surface area contributed by atoms with E-state index in [0.29, 0.717) is 6.29 Å². The molecule has 1 atom stereocenters. The van der Waals surface area contributed by atoms with Crippen LogP contribution in [0.15, 0.2) is 0 Å². The summed E-state index contributed by atoms with van der Waals surface area (Å²) in [4.78, 5) is 0. The van der Waals surface area contributed by atoms with E-state index in [-0.39, 0.29) is 51.4 Å². The van der Waals surface area contributed by atoms with Crippen LogP contribution in [0.25, 0.3) is 0 Å². The third-order valence-electron chi connectivity index (χ3n) is 0. The van der Waals surface area contributed by atoms with Crippen LogP contribution in [0.1, 0.15) is 0 Å². The third kappa shape index (κ3) is 8.98. The van der Waals surface area contributed by atoms with E-state index in [1.54, 1.807) is 0 Å². The fourth-order valence-corrected chi connectivity index (χ4v) is 0. The molecule has 0 radical (unpaired) electrons. The van der Waals surface area contributed by atoms with Gasteiger partial charge in [-0.05, 0) is 0 Å². The van der Waals surface area contributed by atoms with E-state index < -0.39 is 0 Å². The van der Waals surface area contributed by atoms with E-state index in [2.05, 4.69) is 9.24 Å². The van der Waals surface area contributed by atoms with Crippen molar-refractivity contribution in [2.75, 3.05) is 6.29 Å². The van der Waals surface area contributed by atoms with Crippen molar-refractivity contribution < 1.29 is 0 Å². The molecule has 0 aliphatic heterocycles. The van der Waals surface area contributed by atoms with Crippen LogP contribution >= 0.6 is 9.24 Å². The summed E-state index contributed by atoms with van der Waals surface area (Å²) in [5.74, 6) is 0. The molecule has 0 aromatic heterocycles. The van der Waals surface area contributed by atoms with Crippen molar-refractivity contribution in [1.29, 1.82) is 0 Å². The van der Waals surface area contributed by atoms with Crippen LogP contribution in [0.4, 0.5) is 0 Å². The molecule has 0 spiro atoms. The molecular weight excluding hydrogens is 96.1 g/mol. The Morgan fingerprint density at radius 3 is 1.75 bits per heavy atom. The van der Waals surface area contributed by atoms with Gasteiger partial charge in [0.05, 0.1) is 0 Å². The Morgan fingerprint density at radius 2 is 1.75 bits per heavy atom. The van der Waals surface area contributed by atoms with Crippen molar-refractivity contribution in [3.05, 3.63) is 0 Å². The van der Waals surface area contributed by atoms with Gasteiger partial charge < -0.3 is 5.73 Å². The summed E-state index contributed by atoms with van der Waals surface area (Å²) < 4.78 is 0. The molecule has 1 nitrogen and oxygen atoms in total. The van der Waals surface area contributed by atoms with Gasteiger partial charge in [-0.25, -0.2) is 0 Å². The maximum absolute atomic E-state index is 4.81. The van der Waals surface area contributed by atoms with E-state index in [0.717, 1.165) is 0 Å². The van der Waals surface area contributed by atoms with Crippen LogP contribution in [0, 0.1) is 0 Å². The van der Waals surface area contributed by atoms with E-state index >= 15 is 0 Å².